The fourth-order valence-corrected chi connectivity index (χ4v) is 8.77. The first kappa shape index (κ1) is 16.0. The van der Waals surface area contributed by atoms with Crippen molar-refractivity contribution in [3.05, 3.63) is 43.3 Å². The van der Waals surface area contributed by atoms with E-state index in [9.17, 15) is 0 Å². The van der Waals surface area contributed by atoms with Crippen LogP contribution >= 0.6 is 0 Å². The summed E-state index contributed by atoms with van der Waals surface area (Å²) in [7, 11) is 0. The summed E-state index contributed by atoms with van der Waals surface area (Å²) >= 11 is 0.901. The first-order valence-corrected chi connectivity index (χ1v) is 12.1. The Kier molecular flexibility index (Phi) is 3.29. The summed E-state index contributed by atoms with van der Waals surface area (Å²) in [5.74, 6) is 0. The molecule has 5 rings (SSSR count). The first-order chi connectivity index (χ1) is 11.9. The molecule has 0 spiro atoms. The number of rotatable bonds is 0. The molecule has 5 aromatic rings. The van der Waals surface area contributed by atoms with Crippen molar-refractivity contribution < 1.29 is 4.42 Å². The van der Waals surface area contributed by atoms with Crippen LogP contribution in [-0.2, 0) is 0 Å². The van der Waals surface area contributed by atoms with Crippen LogP contribution in [0.1, 0.15) is 31.1 Å². The molecular formula is C22H20OSe2. The average molecular weight is 458 g/mol. The van der Waals surface area contributed by atoms with E-state index in [1.165, 1.54) is 61.2 Å². The number of aryl methyl sites for hydroxylation is 6. The van der Waals surface area contributed by atoms with Crippen molar-refractivity contribution in [3.63, 3.8) is 0 Å². The van der Waals surface area contributed by atoms with Gasteiger partial charge in [0.05, 0.1) is 0 Å². The number of furan rings is 1. The van der Waals surface area contributed by atoms with Gasteiger partial charge in [-0.1, -0.05) is 0 Å². The van der Waals surface area contributed by atoms with Gasteiger partial charge in [-0.15, -0.1) is 0 Å². The number of benzene rings is 2. The molecule has 0 N–H and O–H groups in total. The molecule has 126 valence electrons. The standard InChI is InChI=1S/C22H20OSe2/c1-9-7-15-11(3)17-18-12(4)16-8-10(2)25-22(16)14(6)20(18)23-19(17)13(5)21(15)24-9/h7-8H,1-6H3. The van der Waals surface area contributed by atoms with Crippen molar-refractivity contribution in [2.45, 2.75) is 41.5 Å². The minimum absolute atomic E-state index is 0.451. The van der Waals surface area contributed by atoms with E-state index in [0.717, 1.165) is 11.2 Å². The van der Waals surface area contributed by atoms with Gasteiger partial charge in [0.2, 0.25) is 0 Å². The van der Waals surface area contributed by atoms with Gasteiger partial charge in [-0.2, -0.15) is 0 Å². The van der Waals surface area contributed by atoms with Gasteiger partial charge in [-0.3, -0.25) is 0 Å². The quantitative estimate of drug-likeness (QED) is 0.265. The summed E-state index contributed by atoms with van der Waals surface area (Å²) in [4.78, 5) is 0. The van der Waals surface area contributed by atoms with Crippen molar-refractivity contribution in [2.75, 3.05) is 0 Å². The summed E-state index contributed by atoms with van der Waals surface area (Å²) in [6.45, 7) is 13.6. The Labute approximate surface area is 159 Å². The molecule has 0 aliphatic rings. The van der Waals surface area contributed by atoms with Crippen molar-refractivity contribution in [3.8, 4) is 0 Å². The predicted molar refractivity (Wildman–Crippen MR) is 111 cm³/mol. The third kappa shape index (κ3) is 1.96. The molecule has 0 amide bonds. The minimum atomic E-state index is 0.451. The van der Waals surface area contributed by atoms with Crippen LogP contribution in [0.3, 0.4) is 0 Å². The van der Waals surface area contributed by atoms with E-state index in [-0.39, 0.29) is 0 Å². The predicted octanol–water partition coefficient (Wildman–Crippen LogP) is 5.86. The molecule has 0 fully saturated rings. The number of fused-ring (bicyclic) bond motifs is 5. The van der Waals surface area contributed by atoms with Crippen LogP contribution in [-0.4, -0.2) is 29.0 Å². The molecule has 0 unspecified atom stereocenters. The molecule has 3 heteroatoms. The zero-order chi connectivity index (χ0) is 17.6. The summed E-state index contributed by atoms with van der Waals surface area (Å²) < 4.78 is 12.6. The van der Waals surface area contributed by atoms with Crippen LogP contribution in [0, 0.1) is 41.5 Å². The third-order valence-electron chi connectivity index (χ3n) is 5.54. The van der Waals surface area contributed by atoms with E-state index in [1.54, 1.807) is 0 Å². The molecule has 3 heterocycles. The Morgan fingerprint density at radius 1 is 0.600 bits per heavy atom. The van der Waals surface area contributed by atoms with E-state index < -0.39 is 0 Å². The molecule has 0 radical (unpaired) electrons. The Bertz CT molecular complexity index is 1240. The second-order valence-electron chi connectivity index (χ2n) is 7.21. The second kappa shape index (κ2) is 5.15. The monoisotopic (exact) mass is 460 g/mol. The molecule has 0 saturated carbocycles. The van der Waals surface area contributed by atoms with Crippen LogP contribution in [0.2, 0.25) is 0 Å². The Hall–Kier alpha value is -1.24. The van der Waals surface area contributed by atoms with E-state index in [1.807, 2.05) is 0 Å². The van der Waals surface area contributed by atoms with Gasteiger partial charge >= 0.3 is 159 Å². The van der Waals surface area contributed by atoms with Crippen molar-refractivity contribution >= 4 is 70.2 Å². The molecule has 0 aliphatic heterocycles. The maximum atomic E-state index is 6.57. The van der Waals surface area contributed by atoms with Gasteiger partial charge in [0, 0.05) is 0 Å². The zero-order valence-corrected chi connectivity index (χ0v) is 18.8. The van der Waals surface area contributed by atoms with Gasteiger partial charge in [0.25, 0.3) is 0 Å². The van der Waals surface area contributed by atoms with Gasteiger partial charge < -0.3 is 0 Å². The van der Waals surface area contributed by atoms with E-state index >= 15 is 0 Å². The summed E-state index contributed by atoms with van der Waals surface area (Å²) in [6.07, 6.45) is 0. The average Bonchev–Trinajstić information content (AvgIpc) is 3.25. The zero-order valence-electron chi connectivity index (χ0n) is 15.4. The molecule has 0 atom stereocenters. The van der Waals surface area contributed by atoms with Crippen LogP contribution in [0.25, 0.3) is 41.2 Å². The van der Waals surface area contributed by atoms with E-state index in [4.69, 9.17) is 4.42 Å². The molecule has 25 heavy (non-hydrogen) atoms. The summed E-state index contributed by atoms with van der Waals surface area (Å²) in [6, 6.07) is 4.80. The van der Waals surface area contributed by atoms with Gasteiger partial charge in [0.1, 0.15) is 0 Å². The van der Waals surface area contributed by atoms with E-state index in [0.29, 0.717) is 29.0 Å². The fourth-order valence-electron chi connectivity index (χ4n) is 4.29. The Morgan fingerprint density at radius 2 is 1.00 bits per heavy atom. The van der Waals surface area contributed by atoms with Gasteiger partial charge in [0.15, 0.2) is 0 Å². The molecule has 0 saturated heterocycles. The third-order valence-corrected chi connectivity index (χ3v) is 10.4. The first-order valence-electron chi connectivity index (χ1n) is 8.63. The van der Waals surface area contributed by atoms with Crippen LogP contribution in [0.4, 0.5) is 0 Å². The Balaban J connectivity index is 2.14. The van der Waals surface area contributed by atoms with Gasteiger partial charge in [-0.05, 0) is 0 Å². The summed E-state index contributed by atoms with van der Waals surface area (Å²) in [5.41, 5.74) is 7.77. The number of hydrogen-bond acceptors (Lipinski definition) is 1. The molecule has 1 nitrogen and oxygen atoms in total. The summed E-state index contributed by atoms with van der Waals surface area (Å²) in [5, 5.41) is 5.61. The maximum absolute atomic E-state index is 6.57. The van der Waals surface area contributed by atoms with Crippen LogP contribution in [0.15, 0.2) is 16.5 Å². The topological polar surface area (TPSA) is 13.1 Å². The van der Waals surface area contributed by atoms with Gasteiger partial charge in [-0.25, -0.2) is 0 Å². The molecule has 3 aromatic heterocycles. The molecule has 0 aliphatic carbocycles. The van der Waals surface area contributed by atoms with Crippen LogP contribution < -0.4 is 0 Å². The Morgan fingerprint density at radius 3 is 1.40 bits per heavy atom. The van der Waals surface area contributed by atoms with E-state index in [2.05, 4.69) is 53.7 Å². The molecule has 0 bridgehead atoms. The SMILES string of the molecule is Cc1cc2c(C)c3c(oc4c(C)c5[se]c(C)cc5c(C)c43)c(C)c2[se]1. The number of hydrogen-bond donors (Lipinski definition) is 0. The van der Waals surface area contributed by atoms with Crippen LogP contribution in [0.5, 0.6) is 0 Å². The van der Waals surface area contributed by atoms with Crippen molar-refractivity contribution in [2.24, 2.45) is 0 Å². The fraction of sp³-hybridized carbons (Fsp3) is 0.273. The second-order valence-corrected chi connectivity index (χ2v) is 12.5. The van der Waals surface area contributed by atoms with Crippen molar-refractivity contribution in [1.82, 2.24) is 0 Å². The normalized spacial score (nSPS) is 12.4. The molecular weight excluding hydrogens is 438 g/mol. The molecule has 2 aromatic carbocycles. The van der Waals surface area contributed by atoms with Crippen molar-refractivity contribution in [1.29, 1.82) is 0 Å².